The lowest BCUT2D eigenvalue weighted by Crippen LogP contribution is -2.41. The fourth-order valence-corrected chi connectivity index (χ4v) is 2.46. The zero-order valence-electron chi connectivity index (χ0n) is 8.11. The summed E-state index contributed by atoms with van der Waals surface area (Å²) in [5, 5.41) is 18.2. The van der Waals surface area contributed by atoms with E-state index in [1.165, 1.54) is 0 Å². The second-order valence-electron chi connectivity index (χ2n) is 4.31. The number of hydrogen-bond acceptors (Lipinski definition) is 3. The Balaban J connectivity index is 2.17. The molecule has 4 nitrogen and oxygen atoms in total. The van der Waals surface area contributed by atoms with Gasteiger partial charge in [0.25, 0.3) is 0 Å². The molecular formula is C10H16O4. The van der Waals surface area contributed by atoms with E-state index in [1.807, 2.05) is 0 Å². The summed E-state index contributed by atoms with van der Waals surface area (Å²) in [6, 6.07) is 0. The number of carboxylic acid groups (broad SMARTS) is 1. The van der Waals surface area contributed by atoms with Crippen molar-refractivity contribution < 1.29 is 19.7 Å². The van der Waals surface area contributed by atoms with Crippen molar-refractivity contribution in [1.29, 1.82) is 0 Å². The Morgan fingerprint density at radius 3 is 2.71 bits per heavy atom. The van der Waals surface area contributed by atoms with Crippen LogP contribution in [0.3, 0.4) is 0 Å². The second kappa shape index (κ2) is 3.51. The summed E-state index contributed by atoms with van der Waals surface area (Å²) in [5.41, 5.74) is -0.810. The molecule has 0 aromatic carbocycles. The minimum absolute atomic E-state index is 0.0706. The van der Waals surface area contributed by atoms with E-state index in [1.54, 1.807) is 0 Å². The van der Waals surface area contributed by atoms with Gasteiger partial charge in [0.15, 0.2) is 0 Å². The third-order valence-corrected chi connectivity index (χ3v) is 3.42. The van der Waals surface area contributed by atoms with Crippen molar-refractivity contribution >= 4 is 5.97 Å². The number of carboxylic acids is 1. The van der Waals surface area contributed by atoms with E-state index in [4.69, 9.17) is 9.84 Å². The van der Waals surface area contributed by atoms with Crippen LogP contribution in [0.1, 0.15) is 25.7 Å². The first kappa shape index (κ1) is 9.93. The monoisotopic (exact) mass is 200 g/mol. The molecule has 0 amide bonds. The van der Waals surface area contributed by atoms with Gasteiger partial charge in [-0.25, -0.2) is 0 Å². The van der Waals surface area contributed by atoms with Crippen molar-refractivity contribution in [3.63, 3.8) is 0 Å². The first-order valence-electron chi connectivity index (χ1n) is 5.16. The lowest BCUT2D eigenvalue weighted by Gasteiger charge is -2.29. The van der Waals surface area contributed by atoms with Gasteiger partial charge in [0.2, 0.25) is 0 Å². The highest BCUT2D eigenvalue weighted by molar-refractivity contribution is 5.76. The Labute approximate surface area is 82.9 Å². The third-order valence-electron chi connectivity index (χ3n) is 3.42. The molecule has 2 rings (SSSR count). The van der Waals surface area contributed by atoms with Crippen LogP contribution in [0.4, 0.5) is 0 Å². The van der Waals surface area contributed by atoms with Crippen LogP contribution in [-0.4, -0.2) is 35.5 Å². The summed E-state index contributed by atoms with van der Waals surface area (Å²) in [7, 11) is 0. The Morgan fingerprint density at radius 2 is 2.21 bits per heavy atom. The molecule has 2 atom stereocenters. The summed E-state index contributed by atoms with van der Waals surface area (Å²) in [4.78, 5) is 11.3. The quantitative estimate of drug-likeness (QED) is 0.698. The number of ether oxygens (including phenoxy) is 1. The van der Waals surface area contributed by atoms with Gasteiger partial charge in [-0.2, -0.15) is 0 Å². The molecule has 14 heavy (non-hydrogen) atoms. The number of hydrogen-bond donors (Lipinski definition) is 2. The fourth-order valence-electron chi connectivity index (χ4n) is 2.46. The largest absolute Gasteiger partial charge is 0.481 e. The number of aliphatic hydroxyl groups is 1. The van der Waals surface area contributed by atoms with Crippen molar-refractivity contribution in [2.45, 2.75) is 31.8 Å². The topological polar surface area (TPSA) is 66.8 Å². The van der Waals surface area contributed by atoms with Crippen LogP contribution >= 0.6 is 0 Å². The van der Waals surface area contributed by atoms with E-state index in [9.17, 15) is 9.90 Å². The Kier molecular flexibility index (Phi) is 2.49. The zero-order chi connectivity index (χ0) is 10.2. The maximum absolute atomic E-state index is 11.3. The summed E-state index contributed by atoms with van der Waals surface area (Å²) in [6.45, 7) is 0.451. The molecule has 80 valence electrons. The average molecular weight is 200 g/mol. The smallest absolute Gasteiger partial charge is 0.312 e. The summed E-state index contributed by atoms with van der Waals surface area (Å²) in [6.07, 6.45) is 2.86. The lowest BCUT2D eigenvalue weighted by atomic mass is 9.76. The molecule has 2 N–H and O–H groups in total. The number of rotatable bonds is 4. The van der Waals surface area contributed by atoms with Crippen LogP contribution in [0.5, 0.6) is 0 Å². The maximum atomic E-state index is 11.3. The predicted octanol–water partition coefficient (Wildman–Crippen LogP) is 0.639. The molecule has 1 aliphatic heterocycles. The number of aliphatic carboxylic acids is 1. The molecule has 1 saturated carbocycles. The molecule has 0 bridgehead atoms. The highest BCUT2D eigenvalue weighted by Crippen LogP contribution is 2.49. The van der Waals surface area contributed by atoms with E-state index in [0.29, 0.717) is 25.4 Å². The second-order valence-corrected chi connectivity index (χ2v) is 4.31. The van der Waals surface area contributed by atoms with Gasteiger partial charge in [0.1, 0.15) is 0 Å². The molecule has 0 aromatic heterocycles. The SMILES string of the molecule is O=C(O)C1(CCO)CCOC1C1CC1. The van der Waals surface area contributed by atoms with Crippen LogP contribution in [-0.2, 0) is 9.53 Å². The van der Waals surface area contributed by atoms with Crippen LogP contribution in [0.25, 0.3) is 0 Å². The van der Waals surface area contributed by atoms with Gasteiger partial charge in [-0.15, -0.1) is 0 Å². The number of aliphatic hydroxyl groups excluding tert-OH is 1. The molecule has 0 radical (unpaired) electrons. The molecule has 2 unspecified atom stereocenters. The minimum atomic E-state index is -0.810. The molecule has 2 aliphatic rings. The summed E-state index contributed by atoms with van der Waals surface area (Å²) in [5.74, 6) is -0.388. The zero-order valence-corrected chi connectivity index (χ0v) is 8.11. The normalized spacial score (nSPS) is 37.4. The fraction of sp³-hybridized carbons (Fsp3) is 0.900. The average Bonchev–Trinajstić information content (AvgIpc) is 2.89. The third kappa shape index (κ3) is 1.42. The minimum Gasteiger partial charge on any atom is -0.481 e. The van der Waals surface area contributed by atoms with Crippen LogP contribution in [0.2, 0.25) is 0 Å². The van der Waals surface area contributed by atoms with Crippen molar-refractivity contribution in [3.05, 3.63) is 0 Å². The molecule has 2 fully saturated rings. The predicted molar refractivity (Wildman–Crippen MR) is 48.9 cm³/mol. The maximum Gasteiger partial charge on any atom is 0.312 e. The van der Waals surface area contributed by atoms with Crippen LogP contribution in [0, 0.1) is 11.3 Å². The van der Waals surface area contributed by atoms with Crippen LogP contribution < -0.4 is 0 Å². The van der Waals surface area contributed by atoms with E-state index in [0.717, 1.165) is 12.8 Å². The van der Waals surface area contributed by atoms with Crippen molar-refractivity contribution in [1.82, 2.24) is 0 Å². The molecule has 1 saturated heterocycles. The van der Waals surface area contributed by atoms with Crippen molar-refractivity contribution in [3.8, 4) is 0 Å². The number of carbonyl (C=O) groups is 1. The Hall–Kier alpha value is -0.610. The lowest BCUT2D eigenvalue weighted by molar-refractivity contribution is -0.154. The van der Waals surface area contributed by atoms with E-state index >= 15 is 0 Å². The molecule has 4 heteroatoms. The Morgan fingerprint density at radius 1 is 1.50 bits per heavy atom. The van der Waals surface area contributed by atoms with Crippen molar-refractivity contribution in [2.75, 3.05) is 13.2 Å². The Bertz CT molecular complexity index is 236. The van der Waals surface area contributed by atoms with Gasteiger partial charge in [-0.05, 0) is 31.6 Å². The first-order chi connectivity index (χ1) is 6.70. The highest BCUT2D eigenvalue weighted by atomic mass is 16.5. The van der Waals surface area contributed by atoms with Crippen LogP contribution in [0.15, 0.2) is 0 Å². The van der Waals surface area contributed by atoms with E-state index in [2.05, 4.69) is 0 Å². The highest BCUT2D eigenvalue weighted by Gasteiger charge is 2.55. The molecular weight excluding hydrogens is 184 g/mol. The molecule has 1 aliphatic carbocycles. The standard InChI is InChI=1S/C10H16O4/c11-5-3-10(9(12)13)4-6-14-8(10)7-1-2-7/h7-8,11H,1-6H2,(H,12,13). The van der Waals surface area contributed by atoms with Gasteiger partial charge in [0.05, 0.1) is 11.5 Å². The first-order valence-corrected chi connectivity index (χ1v) is 5.16. The molecule has 1 heterocycles. The molecule has 0 aromatic rings. The van der Waals surface area contributed by atoms with Gasteiger partial charge in [-0.3, -0.25) is 4.79 Å². The van der Waals surface area contributed by atoms with E-state index in [-0.39, 0.29) is 12.7 Å². The summed E-state index contributed by atoms with van der Waals surface area (Å²) < 4.78 is 5.51. The van der Waals surface area contributed by atoms with E-state index < -0.39 is 11.4 Å². The van der Waals surface area contributed by atoms with Gasteiger partial charge in [-0.1, -0.05) is 0 Å². The van der Waals surface area contributed by atoms with Gasteiger partial charge < -0.3 is 14.9 Å². The van der Waals surface area contributed by atoms with Gasteiger partial charge >= 0.3 is 5.97 Å². The van der Waals surface area contributed by atoms with Gasteiger partial charge in [0, 0.05) is 13.2 Å². The van der Waals surface area contributed by atoms with Crippen molar-refractivity contribution in [2.24, 2.45) is 11.3 Å². The molecule has 0 spiro atoms. The summed E-state index contributed by atoms with van der Waals surface area (Å²) >= 11 is 0.